The number of carbonyl (C=O) groups excluding carboxylic acids is 2. The summed E-state index contributed by atoms with van der Waals surface area (Å²) in [6.45, 7) is 6.65. The first-order valence-corrected chi connectivity index (χ1v) is 10.6. The Morgan fingerprint density at radius 3 is 2.03 bits per heavy atom. The van der Waals surface area contributed by atoms with Gasteiger partial charge in [-0.3, -0.25) is 9.59 Å². The van der Waals surface area contributed by atoms with E-state index in [1.54, 1.807) is 17.9 Å². The molecule has 2 aromatic carbocycles. The van der Waals surface area contributed by atoms with Crippen molar-refractivity contribution in [1.82, 2.24) is 10.2 Å². The van der Waals surface area contributed by atoms with Crippen LogP contribution in [0.25, 0.3) is 0 Å². The van der Waals surface area contributed by atoms with Gasteiger partial charge in [-0.1, -0.05) is 73.4 Å². The monoisotopic (exact) mass is 434 g/mol. The van der Waals surface area contributed by atoms with Gasteiger partial charge in [0.15, 0.2) is 0 Å². The third kappa shape index (κ3) is 7.06. The number of benzene rings is 2. The highest BCUT2D eigenvalue weighted by Crippen LogP contribution is 2.21. The molecular formula is C23H28Cl2N2O2. The summed E-state index contributed by atoms with van der Waals surface area (Å²) in [5, 5.41) is 4.13. The molecule has 156 valence electrons. The van der Waals surface area contributed by atoms with Crippen molar-refractivity contribution < 1.29 is 9.59 Å². The topological polar surface area (TPSA) is 49.4 Å². The van der Waals surface area contributed by atoms with Crippen molar-refractivity contribution >= 4 is 35.0 Å². The molecule has 0 spiro atoms. The standard InChI is InChI=1S/C23H28Cl2N2O2/c1-16(2)14-26-23(29)17(3)27(15-19-9-5-7-11-21(19)25)22(28)13-12-18-8-4-6-10-20(18)24/h4-11,16-17H,12-15H2,1-3H3,(H,26,29)/t17-/m1/s1. The summed E-state index contributed by atoms with van der Waals surface area (Å²) in [5.41, 5.74) is 1.72. The van der Waals surface area contributed by atoms with Gasteiger partial charge in [0.2, 0.25) is 11.8 Å². The van der Waals surface area contributed by atoms with Crippen LogP contribution in [0.5, 0.6) is 0 Å². The summed E-state index contributed by atoms with van der Waals surface area (Å²) in [4.78, 5) is 27.3. The molecule has 6 heteroatoms. The van der Waals surface area contributed by atoms with E-state index in [4.69, 9.17) is 23.2 Å². The van der Waals surface area contributed by atoms with Gasteiger partial charge >= 0.3 is 0 Å². The van der Waals surface area contributed by atoms with Gasteiger partial charge in [-0.2, -0.15) is 0 Å². The van der Waals surface area contributed by atoms with Gasteiger partial charge in [0, 0.05) is 29.6 Å². The summed E-state index contributed by atoms with van der Waals surface area (Å²) in [6.07, 6.45) is 0.772. The van der Waals surface area contributed by atoms with E-state index in [-0.39, 0.29) is 24.8 Å². The van der Waals surface area contributed by atoms with Crippen molar-refractivity contribution in [2.24, 2.45) is 5.92 Å². The van der Waals surface area contributed by atoms with Crippen LogP contribution in [0.3, 0.4) is 0 Å². The minimum absolute atomic E-state index is 0.114. The molecule has 0 fully saturated rings. The van der Waals surface area contributed by atoms with E-state index in [2.05, 4.69) is 5.32 Å². The van der Waals surface area contributed by atoms with E-state index in [0.29, 0.717) is 28.9 Å². The Morgan fingerprint density at radius 1 is 0.931 bits per heavy atom. The maximum absolute atomic E-state index is 13.1. The minimum atomic E-state index is -0.608. The SMILES string of the molecule is CC(C)CNC(=O)[C@@H](C)N(Cc1ccccc1Cl)C(=O)CCc1ccccc1Cl. The summed E-state index contributed by atoms with van der Waals surface area (Å²) in [5.74, 6) is 0.0491. The first-order valence-electron chi connectivity index (χ1n) is 9.83. The van der Waals surface area contributed by atoms with Crippen molar-refractivity contribution in [3.05, 3.63) is 69.7 Å². The molecule has 0 bridgehead atoms. The van der Waals surface area contributed by atoms with E-state index in [1.807, 2.05) is 56.3 Å². The molecule has 0 radical (unpaired) electrons. The Morgan fingerprint density at radius 2 is 1.48 bits per heavy atom. The van der Waals surface area contributed by atoms with E-state index >= 15 is 0 Å². The molecule has 0 heterocycles. The van der Waals surface area contributed by atoms with Gasteiger partial charge in [0.1, 0.15) is 6.04 Å². The largest absolute Gasteiger partial charge is 0.354 e. The quantitative estimate of drug-likeness (QED) is 0.595. The maximum atomic E-state index is 13.1. The molecule has 4 nitrogen and oxygen atoms in total. The maximum Gasteiger partial charge on any atom is 0.242 e. The highest BCUT2D eigenvalue weighted by molar-refractivity contribution is 6.31. The molecule has 29 heavy (non-hydrogen) atoms. The van der Waals surface area contributed by atoms with E-state index in [9.17, 15) is 9.59 Å². The number of rotatable bonds is 9. The van der Waals surface area contributed by atoms with E-state index in [1.165, 1.54) is 0 Å². The number of hydrogen-bond donors (Lipinski definition) is 1. The molecule has 0 aliphatic rings. The zero-order valence-electron chi connectivity index (χ0n) is 17.1. The summed E-state index contributed by atoms with van der Waals surface area (Å²) < 4.78 is 0. The Bertz CT molecular complexity index is 839. The fraction of sp³-hybridized carbons (Fsp3) is 0.391. The van der Waals surface area contributed by atoms with Gasteiger partial charge in [-0.05, 0) is 42.5 Å². The molecule has 0 unspecified atom stereocenters. The fourth-order valence-electron chi connectivity index (χ4n) is 2.93. The van der Waals surface area contributed by atoms with Crippen LogP contribution in [0, 0.1) is 5.92 Å². The van der Waals surface area contributed by atoms with Crippen LogP contribution in [0.2, 0.25) is 10.0 Å². The number of amides is 2. The number of nitrogens with zero attached hydrogens (tertiary/aromatic N) is 1. The number of halogens is 2. The zero-order valence-corrected chi connectivity index (χ0v) is 18.6. The van der Waals surface area contributed by atoms with Gasteiger partial charge < -0.3 is 10.2 Å². The lowest BCUT2D eigenvalue weighted by molar-refractivity contribution is -0.140. The van der Waals surface area contributed by atoms with Crippen molar-refractivity contribution in [3.63, 3.8) is 0 Å². The lowest BCUT2D eigenvalue weighted by Crippen LogP contribution is -2.48. The van der Waals surface area contributed by atoms with Crippen LogP contribution in [-0.2, 0) is 22.6 Å². The Balaban J connectivity index is 2.16. The Labute approximate surface area is 183 Å². The van der Waals surface area contributed by atoms with Crippen LogP contribution >= 0.6 is 23.2 Å². The molecule has 0 saturated heterocycles. The summed E-state index contributed by atoms with van der Waals surface area (Å²) in [7, 11) is 0. The number of hydrogen-bond acceptors (Lipinski definition) is 2. The molecular weight excluding hydrogens is 407 g/mol. The number of nitrogens with one attached hydrogen (secondary N) is 1. The summed E-state index contributed by atoms with van der Waals surface area (Å²) in [6, 6.07) is 14.2. The first kappa shape index (κ1) is 23.2. The highest BCUT2D eigenvalue weighted by atomic mass is 35.5. The number of carbonyl (C=O) groups is 2. The normalized spacial score (nSPS) is 11.9. The Hall–Kier alpha value is -2.04. The van der Waals surface area contributed by atoms with Gasteiger partial charge in [-0.15, -0.1) is 0 Å². The predicted octanol–water partition coefficient (Wildman–Crippen LogP) is 5.12. The second-order valence-corrected chi connectivity index (χ2v) is 8.33. The molecule has 2 aromatic rings. The predicted molar refractivity (Wildman–Crippen MR) is 119 cm³/mol. The minimum Gasteiger partial charge on any atom is -0.354 e. The third-order valence-electron chi connectivity index (χ3n) is 4.72. The van der Waals surface area contributed by atoms with Crippen molar-refractivity contribution in [2.45, 2.75) is 46.2 Å². The lowest BCUT2D eigenvalue weighted by Gasteiger charge is -2.29. The van der Waals surface area contributed by atoms with Gasteiger partial charge in [0.05, 0.1) is 0 Å². The highest BCUT2D eigenvalue weighted by Gasteiger charge is 2.26. The van der Waals surface area contributed by atoms with E-state index < -0.39 is 6.04 Å². The molecule has 0 aliphatic carbocycles. The molecule has 0 aliphatic heterocycles. The van der Waals surface area contributed by atoms with E-state index in [0.717, 1.165) is 11.1 Å². The summed E-state index contributed by atoms with van der Waals surface area (Å²) >= 11 is 12.5. The second kappa shape index (κ2) is 11.2. The average molecular weight is 435 g/mol. The third-order valence-corrected chi connectivity index (χ3v) is 5.45. The molecule has 2 amide bonds. The average Bonchev–Trinajstić information content (AvgIpc) is 2.70. The van der Waals surface area contributed by atoms with Crippen LogP contribution in [0.4, 0.5) is 0 Å². The molecule has 2 rings (SSSR count). The van der Waals surface area contributed by atoms with Crippen LogP contribution in [0.15, 0.2) is 48.5 Å². The zero-order chi connectivity index (χ0) is 21.4. The smallest absolute Gasteiger partial charge is 0.242 e. The molecule has 0 saturated carbocycles. The first-order chi connectivity index (χ1) is 13.8. The molecule has 0 aromatic heterocycles. The van der Waals surface area contributed by atoms with Crippen molar-refractivity contribution in [3.8, 4) is 0 Å². The molecule has 1 N–H and O–H groups in total. The Kier molecular flexibility index (Phi) is 8.99. The van der Waals surface area contributed by atoms with Crippen molar-refractivity contribution in [2.75, 3.05) is 6.54 Å². The number of aryl methyl sites for hydroxylation is 1. The second-order valence-electron chi connectivity index (χ2n) is 7.52. The fourth-order valence-corrected chi connectivity index (χ4v) is 3.36. The van der Waals surface area contributed by atoms with Gasteiger partial charge in [0.25, 0.3) is 0 Å². The van der Waals surface area contributed by atoms with Gasteiger partial charge in [-0.25, -0.2) is 0 Å². The molecule has 1 atom stereocenters. The van der Waals surface area contributed by atoms with Crippen molar-refractivity contribution in [1.29, 1.82) is 0 Å². The van der Waals surface area contributed by atoms with Crippen LogP contribution in [0.1, 0.15) is 38.3 Å². The van der Waals surface area contributed by atoms with Crippen LogP contribution < -0.4 is 5.32 Å². The van der Waals surface area contributed by atoms with Crippen LogP contribution in [-0.4, -0.2) is 29.3 Å². The lowest BCUT2D eigenvalue weighted by atomic mass is 10.1.